The van der Waals surface area contributed by atoms with Gasteiger partial charge in [-0.3, -0.25) is 9.59 Å². The van der Waals surface area contributed by atoms with E-state index in [9.17, 15) is 19.8 Å². The fourth-order valence-electron chi connectivity index (χ4n) is 2.04. The van der Waals surface area contributed by atoms with E-state index in [-0.39, 0.29) is 12.8 Å². The van der Waals surface area contributed by atoms with Gasteiger partial charge in [-0.15, -0.1) is 0 Å². The Morgan fingerprint density at radius 1 is 0.731 bits per heavy atom. The molecule has 0 bridgehead atoms. The van der Waals surface area contributed by atoms with Crippen molar-refractivity contribution in [2.75, 3.05) is 0 Å². The SMILES string of the molecule is O=C(O)CCCCC=CC[C@@H](O)C=CC=CC=C[C@@H](O)CCCC(=O)O. The van der Waals surface area contributed by atoms with E-state index in [1.807, 2.05) is 12.2 Å². The third-order valence-electron chi connectivity index (χ3n) is 3.45. The largest absolute Gasteiger partial charge is 0.481 e. The minimum absolute atomic E-state index is 0.0537. The number of carboxylic acids is 2. The maximum Gasteiger partial charge on any atom is 0.303 e. The first kappa shape index (κ1) is 23.8. The van der Waals surface area contributed by atoms with Crippen molar-refractivity contribution >= 4 is 11.9 Å². The summed E-state index contributed by atoms with van der Waals surface area (Å²) in [4.78, 5) is 20.7. The van der Waals surface area contributed by atoms with Crippen molar-refractivity contribution in [1.29, 1.82) is 0 Å². The lowest BCUT2D eigenvalue weighted by Crippen LogP contribution is -2.03. The van der Waals surface area contributed by atoms with Gasteiger partial charge in [-0.05, 0) is 38.5 Å². The third-order valence-corrected chi connectivity index (χ3v) is 3.45. The van der Waals surface area contributed by atoms with Crippen LogP contribution in [0.4, 0.5) is 0 Å². The third kappa shape index (κ3) is 18.2. The molecule has 146 valence electrons. The molecule has 0 fully saturated rings. The van der Waals surface area contributed by atoms with Crippen LogP contribution in [0.15, 0.2) is 48.6 Å². The number of carbonyl (C=O) groups is 2. The van der Waals surface area contributed by atoms with Gasteiger partial charge < -0.3 is 20.4 Å². The molecule has 0 aromatic carbocycles. The summed E-state index contributed by atoms with van der Waals surface area (Å²) in [7, 11) is 0. The number of carboxylic acid groups (broad SMARTS) is 2. The fraction of sp³-hybridized carbons (Fsp3) is 0.500. The van der Waals surface area contributed by atoms with E-state index < -0.39 is 24.1 Å². The molecule has 0 saturated carbocycles. The van der Waals surface area contributed by atoms with Crippen LogP contribution >= 0.6 is 0 Å². The smallest absolute Gasteiger partial charge is 0.303 e. The van der Waals surface area contributed by atoms with Crippen LogP contribution in [0.25, 0.3) is 0 Å². The number of allylic oxidation sites excluding steroid dienone is 5. The molecular formula is C20H30O6. The van der Waals surface area contributed by atoms with E-state index in [1.165, 1.54) is 0 Å². The van der Waals surface area contributed by atoms with Crippen LogP contribution in [0.2, 0.25) is 0 Å². The molecule has 0 aliphatic heterocycles. The molecule has 2 atom stereocenters. The summed E-state index contributed by atoms with van der Waals surface area (Å²) in [5, 5.41) is 36.4. The highest BCUT2D eigenvalue weighted by Crippen LogP contribution is 2.04. The van der Waals surface area contributed by atoms with Crippen LogP contribution in [-0.4, -0.2) is 44.6 Å². The normalized spacial score (nSPS) is 14.7. The van der Waals surface area contributed by atoms with Gasteiger partial charge in [0.2, 0.25) is 0 Å². The molecule has 0 radical (unpaired) electrons. The van der Waals surface area contributed by atoms with Gasteiger partial charge in [0.05, 0.1) is 12.2 Å². The number of hydrogen-bond donors (Lipinski definition) is 4. The zero-order valence-corrected chi connectivity index (χ0v) is 15.0. The molecule has 0 unspecified atom stereocenters. The van der Waals surface area contributed by atoms with Gasteiger partial charge in [-0.1, -0.05) is 48.6 Å². The highest BCUT2D eigenvalue weighted by atomic mass is 16.4. The number of hydrogen-bond acceptors (Lipinski definition) is 4. The Labute approximate surface area is 154 Å². The number of aliphatic hydroxyl groups excluding tert-OH is 2. The van der Waals surface area contributed by atoms with E-state index >= 15 is 0 Å². The van der Waals surface area contributed by atoms with Crippen LogP contribution in [0.5, 0.6) is 0 Å². The van der Waals surface area contributed by atoms with Crippen LogP contribution in [0.1, 0.15) is 51.4 Å². The fourth-order valence-corrected chi connectivity index (χ4v) is 2.04. The summed E-state index contributed by atoms with van der Waals surface area (Å²) >= 11 is 0. The standard InChI is InChI=1S/C20H30O6/c21-17(11-6-2-1-3-9-15-19(23)24)12-7-4-5-8-13-18(22)14-10-16-20(25)26/h2,4-8,12-13,17-18,21-22H,1,3,9-11,14-16H2,(H,23,24)(H,25,26)/t17-,18-/m1/s1. The molecule has 0 amide bonds. The molecule has 0 heterocycles. The number of rotatable bonds is 15. The van der Waals surface area contributed by atoms with Crippen LogP contribution in [-0.2, 0) is 9.59 Å². The van der Waals surface area contributed by atoms with Gasteiger partial charge in [0.15, 0.2) is 0 Å². The summed E-state index contributed by atoms with van der Waals surface area (Å²) < 4.78 is 0. The summed E-state index contributed by atoms with van der Waals surface area (Å²) in [6, 6.07) is 0. The van der Waals surface area contributed by atoms with E-state index in [4.69, 9.17) is 10.2 Å². The lowest BCUT2D eigenvalue weighted by atomic mass is 10.1. The topological polar surface area (TPSA) is 115 Å². The van der Waals surface area contributed by atoms with Gasteiger partial charge in [0, 0.05) is 12.8 Å². The first-order chi connectivity index (χ1) is 12.4. The maximum absolute atomic E-state index is 10.4. The van der Waals surface area contributed by atoms with Crippen molar-refractivity contribution in [3.63, 3.8) is 0 Å². The predicted octanol–water partition coefficient (Wildman–Crippen LogP) is 3.22. The van der Waals surface area contributed by atoms with Crippen molar-refractivity contribution in [1.82, 2.24) is 0 Å². The van der Waals surface area contributed by atoms with Crippen molar-refractivity contribution in [3.05, 3.63) is 48.6 Å². The van der Waals surface area contributed by atoms with Crippen molar-refractivity contribution in [2.45, 2.75) is 63.6 Å². The van der Waals surface area contributed by atoms with E-state index in [1.54, 1.807) is 36.5 Å². The van der Waals surface area contributed by atoms with Crippen LogP contribution in [0.3, 0.4) is 0 Å². The highest BCUT2D eigenvalue weighted by Gasteiger charge is 2.01. The lowest BCUT2D eigenvalue weighted by molar-refractivity contribution is -0.138. The van der Waals surface area contributed by atoms with Gasteiger partial charge in [0.25, 0.3) is 0 Å². The predicted molar refractivity (Wildman–Crippen MR) is 101 cm³/mol. The molecule has 0 saturated heterocycles. The molecule has 0 aliphatic carbocycles. The Hall–Kier alpha value is -2.18. The average molecular weight is 366 g/mol. The second kappa shape index (κ2) is 16.3. The Morgan fingerprint density at radius 2 is 1.31 bits per heavy atom. The Bertz CT molecular complexity index is 504. The minimum atomic E-state index is -0.863. The van der Waals surface area contributed by atoms with E-state index in [0.717, 1.165) is 12.8 Å². The van der Waals surface area contributed by atoms with E-state index in [2.05, 4.69) is 0 Å². The highest BCUT2D eigenvalue weighted by molar-refractivity contribution is 5.66. The molecule has 4 N–H and O–H groups in total. The van der Waals surface area contributed by atoms with Crippen molar-refractivity contribution in [2.24, 2.45) is 0 Å². The zero-order valence-electron chi connectivity index (χ0n) is 15.0. The first-order valence-electron chi connectivity index (χ1n) is 8.88. The molecule has 0 aliphatic rings. The molecular weight excluding hydrogens is 336 g/mol. The summed E-state index contributed by atoms with van der Waals surface area (Å²) in [6.07, 6.45) is 16.6. The summed E-state index contributed by atoms with van der Waals surface area (Å²) in [6.45, 7) is 0. The maximum atomic E-state index is 10.4. The first-order valence-corrected chi connectivity index (χ1v) is 8.88. The number of aliphatic carboxylic acids is 2. The van der Waals surface area contributed by atoms with Gasteiger partial charge in [-0.25, -0.2) is 0 Å². The quantitative estimate of drug-likeness (QED) is 0.201. The molecule has 6 heteroatoms. The van der Waals surface area contributed by atoms with Gasteiger partial charge in [-0.2, -0.15) is 0 Å². The molecule has 0 aromatic rings. The molecule has 6 nitrogen and oxygen atoms in total. The second-order valence-corrected chi connectivity index (χ2v) is 5.92. The monoisotopic (exact) mass is 366 g/mol. The van der Waals surface area contributed by atoms with Crippen molar-refractivity contribution in [3.8, 4) is 0 Å². The Kier molecular flexibility index (Phi) is 14.9. The number of aliphatic hydroxyl groups is 2. The Morgan fingerprint density at radius 3 is 1.92 bits per heavy atom. The van der Waals surface area contributed by atoms with Crippen LogP contribution in [0, 0.1) is 0 Å². The summed E-state index contributed by atoms with van der Waals surface area (Å²) in [5.41, 5.74) is 0. The van der Waals surface area contributed by atoms with Gasteiger partial charge in [0.1, 0.15) is 0 Å². The second-order valence-electron chi connectivity index (χ2n) is 5.92. The molecule has 0 aromatic heterocycles. The molecule has 0 rings (SSSR count). The zero-order chi connectivity index (χ0) is 19.6. The summed E-state index contributed by atoms with van der Waals surface area (Å²) in [5.74, 6) is -1.64. The average Bonchev–Trinajstić information content (AvgIpc) is 2.56. The van der Waals surface area contributed by atoms with E-state index in [0.29, 0.717) is 25.7 Å². The number of unbranched alkanes of at least 4 members (excludes halogenated alkanes) is 2. The molecule has 0 spiro atoms. The Balaban J connectivity index is 3.80. The lowest BCUT2D eigenvalue weighted by Gasteiger charge is -2.02. The van der Waals surface area contributed by atoms with Crippen LogP contribution < -0.4 is 0 Å². The molecule has 26 heavy (non-hydrogen) atoms. The minimum Gasteiger partial charge on any atom is -0.481 e. The van der Waals surface area contributed by atoms with Crippen molar-refractivity contribution < 1.29 is 30.0 Å². The van der Waals surface area contributed by atoms with Gasteiger partial charge >= 0.3 is 11.9 Å².